The molecule has 0 aliphatic rings. The third-order valence-corrected chi connectivity index (χ3v) is 2.53. The first-order valence-corrected chi connectivity index (χ1v) is 5.80. The van der Waals surface area contributed by atoms with Crippen LogP contribution in [0.5, 0.6) is 0 Å². The molecule has 0 fully saturated rings. The number of hydrogen-bond acceptors (Lipinski definition) is 3. The molecule has 5 N–H and O–H groups in total. The molecule has 1 aromatic carbocycles. The summed E-state index contributed by atoms with van der Waals surface area (Å²) in [6, 6.07) is 6.36. The molecule has 18 heavy (non-hydrogen) atoms. The highest BCUT2D eigenvalue weighted by molar-refractivity contribution is 7.80. The van der Waals surface area contributed by atoms with Crippen LogP contribution in [-0.2, 0) is 4.79 Å². The summed E-state index contributed by atoms with van der Waals surface area (Å²) in [7, 11) is 0. The Labute approximate surface area is 111 Å². The first kappa shape index (κ1) is 14.1. The molecule has 2 amide bonds. The number of carbonyl (C=O) groups is 2. The molecule has 0 spiro atoms. The normalized spacial score (nSPS) is 11.6. The van der Waals surface area contributed by atoms with Crippen LogP contribution in [0.3, 0.4) is 0 Å². The zero-order valence-corrected chi connectivity index (χ0v) is 10.8. The van der Waals surface area contributed by atoms with E-state index in [1.165, 1.54) is 0 Å². The summed E-state index contributed by atoms with van der Waals surface area (Å²) in [4.78, 5) is 22.8. The molecule has 0 saturated heterocycles. The molecule has 5 nitrogen and oxygen atoms in total. The number of primary amides is 1. The highest BCUT2D eigenvalue weighted by atomic mass is 32.1. The van der Waals surface area contributed by atoms with Crippen LogP contribution < -0.4 is 16.8 Å². The summed E-state index contributed by atoms with van der Waals surface area (Å²) in [6.07, 6.45) is 0.0979. The third-order valence-electron chi connectivity index (χ3n) is 2.29. The third kappa shape index (κ3) is 4.14. The van der Waals surface area contributed by atoms with Crippen molar-refractivity contribution in [2.75, 3.05) is 0 Å². The Bertz CT molecular complexity index is 488. The van der Waals surface area contributed by atoms with Gasteiger partial charge in [-0.15, -0.1) is 0 Å². The maximum Gasteiger partial charge on any atom is 0.251 e. The van der Waals surface area contributed by atoms with Crippen LogP contribution in [0.25, 0.3) is 0 Å². The second-order valence-electron chi connectivity index (χ2n) is 3.99. The number of benzene rings is 1. The average molecular weight is 265 g/mol. The van der Waals surface area contributed by atoms with Gasteiger partial charge in [-0.25, -0.2) is 0 Å². The summed E-state index contributed by atoms with van der Waals surface area (Å²) in [6.45, 7) is 1.71. The fraction of sp³-hybridized carbons (Fsp3) is 0.250. The SMILES string of the molecule is CC(CC(N)=O)NC(=O)c1cccc(C(N)=S)c1. The van der Waals surface area contributed by atoms with Crippen LogP contribution >= 0.6 is 12.2 Å². The van der Waals surface area contributed by atoms with Crippen LogP contribution in [0.1, 0.15) is 29.3 Å². The Kier molecular flexibility index (Phi) is 4.79. The second-order valence-corrected chi connectivity index (χ2v) is 4.43. The van der Waals surface area contributed by atoms with Crippen molar-refractivity contribution in [1.29, 1.82) is 0 Å². The predicted octanol–water partition coefficient (Wildman–Crippen LogP) is 0.314. The minimum absolute atomic E-state index is 0.0979. The second kappa shape index (κ2) is 6.11. The highest BCUT2D eigenvalue weighted by Crippen LogP contribution is 2.06. The molecule has 0 aliphatic carbocycles. The number of amides is 2. The van der Waals surface area contributed by atoms with Gasteiger partial charge >= 0.3 is 0 Å². The molecule has 1 unspecified atom stereocenters. The van der Waals surface area contributed by atoms with E-state index in [2.05, 4.69) is 5.32 Å². The van der Waals surface area contributed by atoms with E-state index in [4.69, 9.17) is 23.7 Å². The molecule has 0 saturated carbocycles. The topological polar surface area (TPSA) is 98.2 Å². The molecule has 0 aliphatic heterocycles. The highest BCUT2D eigenvalue weighted by Gasteiger charge is 2.12. The van der Waals surface area contributed by atoms with Gasteiger partial charge in [0, 0.05) is 23.6 Å². The van der Waals surface area contributed by atoms with Crippen molar-refractivity contribution < 1.29 is 9.59 Å². The molecule has 1 aromatic rings. The van der Waals surface area contributed by atoms with Crippen LogP contribution in [-0.4, -0.2) is 22.8 Å². The van der Waals surface area contributed by atoms with Gasteiger partial charge in [-0.2, -0.15) is 0 Å². The van der Waals surface area contributed by atoms with E-state index < -0.39 is 5.91 Å². The van der Waals surface area contributed by atoms with Crippen molar-refractivity contribution in [1.82, 2.24) is 5.32 Å². The number of carbonyl (C=O) groups excluding carboxylic acids is 2. The van der Waals surface area contributed by atoms with Gasteiger partial charge in [0.1, 0.15) is 4.99 Å². The fourth-order valence-corrected chi connectivity index (χ4v) is 1.60. The van der Waals surface area contributed by atoms with Crippen LogP contribution in [0, 0.1) is 0 Å². The Hall–Kier alpha value is -1.95. The molecule has 96 valence electrons. The van der Waals surface area contributed by atoms with Crippen molar-refractivity contribution in [2.45, 2.75) is 19.4 Å². The van der Waals surface area contributed by atoms with Crippen molar-refractivity contribution in [3.63, 3.8) is 0 Å². The Morgan fingerprint density at radius 3 is 2.50 bits per heavy atom. The number of nitrogens with two attached hydrogens (primary N) is 2. The number of nitrogens with one attached hydrogen (secondary N) is 1. The van der Waals surface area contributed by atoms with Crippen LogP contribution in [0.4, 0.5) is 0 Å². The number of thiocarbonyl (C=S) groups is 1. The lowest BCUT2D eigenvalue weighted by molar-refractivity contribution is -0.118. The lowest BCUT2D eigenvalue weighted by atomic mass is 10.1. The van der Waals surface area contributed by atoms with E-state index in [0.29, 0.717) is 11.1 Å². The summed E-state index contributed by atoms with van der Waals surface area (Å²) < 4.78 is 0. The van der Waals surface area contributed by atoms with E-state index in [9.17, 15) is 9.59 Å². The first-order chi connectivity index (χ1) is 8.40. The number of hydrogen-bond donors (Lipinski definition) is 3. The lowest BCUT2D eigenvalue weighted by Gasteiger charge is -2.12. The summed E-state index contributed by atoms with van der Waals surface area (Å²) >= 11 is 4.84. The zero-order chi connectivity index (χ0) is 13.7. The average Bonchev–Trinajstić information content (AvgIpc) is 2.27. The van der Waals surface area contributed by atoms with Gasteiger partial charge in [-0.05, 0) is 19.1 Å². The molecular formula is C12H15N3O2S. The van der Waals surface area contributed by atoms with Gasteiger partial charge in [0.15, 0.2) is 0 Å². The number of rotatable bonds is 5. The predicted molar refractivity (Wildman–Crippen MR) is 73.1 cm³/mol. The van der Waals surface area contributed by atoms with Crippen molar-refractivity contribution >= 4 is 29.0 Å². The fourth-order valence-electron chi connectivity index (χ4n) is 1.47. The van der Waals surface area contributed by atoms with E-state index in [-0.39, 0.29) is 23.4 Å². The summed E-state index contributed by atoms with van der Waals surface area (Å²) in [5.74, 6) is -0.749. The van der Waals surface area contributed by atoms with E-state index in [1.807, 2.05) is 0 Å². The van der Waals surface area contributed by atoms with Crippen molar-refractivity contribution in [2.24, 2.45) is 11.5 Å². The van der Waals surface area contributed by atoms with Gasteiger partial charge in [0.2, 0.25) is 5.91 Å². The molecule has 0 heterocycles. The molecule has 1 rings (SSSR count). The standard InChI is InChI=1S/C12H15N3O2S/c1-7(5-10(13)16)15-12(17)9-4-2-3-8(6-9)11(14)18/h2-4,6-7H,5H2,1H3,(H2,13,16)(H2,14,18)(H,15,17). The lowest BCUT2D eigenvalue weighted by Crippen LogP contribution is -2.35. The smallest absolute Gasteiger partial charge is 0.251 e. The van der Waals surface area contributed by atoms with E-state index in [0.717, 1.165) is 0 Å². The van der Waals surface area contributed by atoms with Gasteiger partial charge in [-0.3, -0.25) is 9.59 Å². The van der Waals surface area contributed by atoms with Crippen molar-refractivity contribution in [3.8, 4) is 0 Å². The first-order valence-electron chi connectivity index (χ1n) is 5.39. The monoisotopic (exact) mass is 265 g/mol. The van der Waals surface area contributed by atoms with Gasteiger partial charge in [-0.1, -0.05) is 24.4 Å². The zero-order valence-electron chi connectivity index (χ0n) is 9.97. The van der Waals surface area contributed by atoms with Crippen molar-refractivity contribution in [3.05, 3.63) is 35.4 Å². The Balaban J connectivity index is 2.75. The summed E-state index contributed by atoms with van der Waals surface area (Å²) in [5, 5.41) is 2.67. The molecule has 6 heteroatoms. The Morgan fingerprint density at radius 2 is 1.94 bits per heavy atom. The molecule has 1 atom stereocenters. The van der Waals surface area contributed by atoms with Gasteiger partial charge < -0.3 is 16.8 Å². The molecule has 0 radical (unpaired) electrons. The largest absolute Gasteiger partial charge is 0.389 e. The Morgan fingerprint density at radius 1 is 1.33 bits per heavy atom. The minimum Gasteiger partial charge on any atom is -0.389 e. The maximum atomic E-state index is 11.9. The van der Waals surface area contributed by atoms with E-state index in [1.54, 1.807) is 31.2 Å². The summed E-state index contributed by atoms with van der Waals surface area (Å²) in [5.41, 5.74) is 11.6. The molecule has 0 bridgehead atoms. The van der Waals surface area contributed by atoms with E-state index >= 15 is 0 Å². The van der Waals surface area contributed by atoms with Gasteiger partial charge in [0.05, 0.1) is 0 Å². The maximum absolute atomic E-state index is 11.9. The molecule has 0 aromatic heterocycles. The van der Waals surface area contributed by atoms with Crippen LogP contribution in [0.2, 0.25) is 0 Å². The molecular weight excluding hydrogens is 250 g/mol. The van der Waals surface area contributed by atoms with Crippen LogP contribution in [0.15, 0.2) is 24.3 Å². The van der Waals surface area contributed by atoms with Gasteiger partial charge in [0.25, 0.3) is 5.91 Å². The minimum atomic E-state index is -0.459. The quantitative estimate of drug-likeness (QED) is 0.667.